The van der Waals surface area contributed by atoms with Crippen LogP contribution >= 0.6 is 0 Å². The Morgan fingerprint density at radius 1 is 1.06 bits per heavy atom. The Balaban J connectivity index is 1.91. The largest absolute Gasteiger partial charge is 0.374 e. The third-order valence-corrected chi connectivity index (χ3v) is 3.88. The molecule has 0 spiro atoms. The van der Waals surface area contributed by atoms with Gasteiger partial charge in [0.25, 0.3) is 0 Å². The van der Waals surface area contributed by atoms with E-state index >= 15 is 0 Å². The highest BCUT2D eigenvalue weighted by molar-refractivity contribution is 4.80. The molecule has 0 amide bonds. The van der Waals surface area contributed by atoms with Gasteiger partial charge in [0.15, 0.2) is 0 Å². The second kappa shape index (κ2) is 8.93. The van der Waals surface area contributed by atoms with Crippen LogP contribution in [0, 0.1) is 0 Å². The first kappa shape index (κ1) is 15.0. The van der Waals surface area contributed by atoms with Crippen LogP contribution < -0.4 is 5.73 Å². The van der Waals surface area contributed by atoms with Gasteiger partial charge in [-0.1, -0.05) is 51.9 Å². The molecule has 0 aliphatic carbocycles. The maximum Gasteiger partial charge on any atom is 0.0730 e. The molecule has 3 unspecified atom stereocenters. The fraction of sp³-hybridized carbons (Fsp3) is 1.00. The predicted octanol–water partition coefficient (Wildman–Crippen LogP) is 4.02. The van der Waals surface area contributed by atoms with E-state index in [1.165, 1.54) is 57.8 Å². The lowest BCUT2D eigenvalue weighted by molar-refractivity contribution is 0.0382. The molecule has 0 bridgehead atoms. The standard InChI is InChI=1S/C15H31NO/c1-3-4-5-6-7-8-9-10-14(16)15-12-11-13(2)17-15/h13-15H,3-12,16H2,1-2H3. The van der Waals surface area contributed by atoms with E-state index in [1.54, 1.807) is 0 Å². The van der Waals surface area contributed by atoms with Crippen LogP contribution in [0.4, 0.5) is 0 Å². The van der Waals surface area contributed by atoms with E-state index in [4.69, 9.17) is 10.5 Å². The van der Waals surface area contributed by atoms with Crippen molar-refractivity contribution < 1.29 is 4.74 Å². The molecule has 2 nitrogen and oxygen atoms in total. The Bertz CT molecular complexity index is 184. The normalized spacial score (nSPS) is 26.3. The molecule has 0 radical (unpaired) electrons. The van der Waals surface area contributed by atoms with Crippen LogP contribution in [-0.2, 0) is 4.74 Å². The SMILES string of the molecule is CCCCCCCCCC(N)C1CCC(C)O1. The number of hydrogen-bond donors (Lipinski definition) is 1. The fourth-order valence-corrected chi connectivity index (χ4v) is 2.67. The Kier molecular flexibility index (Phi) is 7.87. The predicted molar refractivity (Wildman–Crippen MR) is 74.2 cm³/mol. The molecular formula is C15H31NO. The van der Waals surface area contributed by atoms with Crippen molar-refractivity contribution in [2.45, 2.75) is 96.3 Å². The highest BCUT2D eigenvalue weighted by Crippen LogP contribution is 2.23. The monoisotopic (exact) mass is 241 g/mol. The molecule has 1 aliphatic rings. The van der Waals surface area contributed by atoms with Crippen LogP contribution in [0.25, 0.3) is 0 Å². The van der Waals surface area contributed by atoms with Crippen LogP contribution in [0.15, 0.2) is 0 Å². The summed E-state index contributed by atoms with van der Waals surface area (Å²) in [5, 5.41) is 0. The molecule has 1 fully saturated rings. The van der Waals surface area contributed by atoms with Gasteiger partial charge in [0.05, 0.1) is 12.2 Å². The van der Waals surface area contributed by atoms with Gasteiger partial charge in [-0.05, 0) is 26.2 Å². The lowest BCUT2D eigenvalue weighted by atomic mass is 10.0. The summed E-state index contributed by atoms with van der Waals surface area (Å²) < 4.78 is 5.81. The van der Waals surface area contributed by atoms with Gasteiger partial charge in [0.2, 0.25) is 0 Å². The summed E-state index contributed by atoms with van der Waals surface area (Å²) in [6, 6.07) is 0.274. The van der Waals surface area contributed by atoms with E-state index in [1.807, 2.05) is 0 Å². The van der Waals surface area contributed by atoms with Crippen molar-refractivity contribution in [1.29, 1.82) is 0 Å². The average molecular weight is 241 g/mol. The van der Waals surface area contributed by atoms with Crippen LogP contribution in [0.1, 0.15) is 78.1 Å². The van der Waals surface area contributed by atoms with Gasteiger partial charge in [-0.15, -0.1) is 0 Å². The number of unbranched alkanes of at least 4 members (excludes halogenated alkanes) is 6. The number of hydrogen-bond acceptors (Lipinski definition) is 2. The van der Waals surface area contributed by atoms with E-state index in [-0.39, 0.29) is 6.04 Å². The van der Waals surface area contributed by atoms with Crippen molar-refractivity contribution in [3.63, 3.8) is 0 Å². The van der Waals surface area contributed by atoms with Gasteiger partial charge in [0, 0.05) is 6.04 Å². The molecule has 102 valence electrons. The van der Waals surface area contributed by atoms with Crippen molar-refractivity contribution in [2.75, 3.05) is 0 Å². The Labute approximate surface area is 107 Å². The van der Waals surface area contributed by atoms with E-state index in [0.717, 1.165) is 6.42 Å². The zero-order chi connectivity index (χ0) is 12.5. The van der Waals surface area contributed by atoms with Gasteiger partial charge in [-0.3, -0.25) is 0 Å². The van der Waals surface area contributed by atoms with Crippen molar-refractivity contribution in [3.05, 3.63) is 0 Å². The molecule has 0 aromatic carbocycles. The smallest absolute Gasteiger partial charge is 0.0730 e. The Morgan fingerprint density at radius 3 is 2.29 bits per heavy atom. The van der Waals surface area contributed by atoms with Crippen LogP contribution in [0.5, 0.6) is 0 Å². The summed E-state index contributed by atoms with van der Waals surface area (Å²) in [4.78, 5) is 0. The summed E-state index contributed by atoms with van der Waals surface area (Å²) >= 11 is 0. The van der Waals surface area contributed by atoms with E-state index in [9.17, 15) is 0 Å². The first-order valence-corrected chi connectivity index (χ1v) is 7.65. The highest BCUT2D eigenvalue weighted by Gasteiger charge is 2.26. The first-order valence-electron chi connectivity index (χ1n) is 7.65. The molecule has 1 aliphatic heterocycles. The summed E-state index contributed by atoms with van der Waals surface area (Å²) in [7, 11) is 0. The molecule has 0 saturated carbocycles. The second-order valence-electron chi connectivity index (χ2n) is 5.64. The van der Waals surface area contributed by atoms with Crippen LogP contribution in [0.3, 0.4) is 0 Å². The summed E-state index contributed by atoms with van der Waals surface area (Å²) in [6.45, 7) is 4.42. The quantitative estimate of drug-likeness (QED) is 0.619. The Morgan fingerprint density at radius 2 is 1.71 bits per heavy atom. The van der Waals surface area contributed by atoms with Crippen molar-refractivity contribution in [1.82, 2.24) is 0 Å². The van der Waals surface area contributed by atoms with Crippen LogP contribution in [-0.4, -0.2) is 18.2 Å². The summed E-state index contributed by atoms with van der Waals surface area (Å²) in [5.41, 5.74) is 6.18. The molecule has 0 aromatic heterocycles. The topological polar surface area (TPSA) is 35.2 Å². The molecule has 0 aromatic rings. The number of ether oxygens (including phenoxy) is 1. The van der Waals surface area contributed by atoms with Crippen molar-refractivity contribution in [2.24, 2.45) is 5.73 Å². The lowest BCUT2D eigenvalue weighted by Crippen LogP contribution is -2.34. The third kappa shape index (κ3) is 6.42. The highest BCUT2D eigenvalue weighted by atomic mass is 16.5. The maximum atomic E-state index is 6.18. The van der Waals surface area contributed by atoms with E-state index in [2.05, 4.69) is 13.8 Å². The fourth-order valence-electron chi connectivity index (χ4n) is 2.67. The molecule has 1 saturated heterocycles. The summed E-state index contributed by atoms with van der Waals surface area (Å²) in [6.07, 6.45) is 13.8. The number of rotatable bonds is 9. The zero-order valence-electron chi connectivity index (χ0n) is 11.8. The molecule has 1 heterocycles. The van der Waals surface area contributed by atoms with E-state index < -0.39 is 0 Å². The Hall–Kier alpha value is -0.0800. The van der Waals surface area contributed by atoms with Gasteiger partial charge in [0.1, 0.15) is 0 Å². The first-order chi connectivity index (χ1) is 8.24. The molecular weight excluding hydrogens is 210 g/mol. The maximum absolute atomic E-state index is 6.18. The molecule has 2 N–H and O–H groups in total. The summed E-state index contributed by atoms with van der Waals surface area (Å²) in [5.74, 6) is 0. The number of nitrogens with two attached hydrogens (primary N) is 1. The van der Waals surface area contributed by atoms with E-state index in [0.29, 0.717) is 12.2 Å². The minimum absolute atomic E-state index is 0.274. The van der Waals surface area contributed by atoms with Gasteiger partial charge < -0.3 is 10.5 Å². The van der Waals surface area contributed by atoms with Crippen molar-refractivity contribution >= 4 is 0 Å². The second-order valence-corrected chi connectivity index (χ2v) is 5.64. The van der Waals surface area contributed by atoms with Gasteiger partial charge in [-0.2, -0.15) is 0 Å². The third-order valence-electron chi connectivity index (χ3n) is 3.88. The van der Waals surface area contributed by atoms with Gasteiger partial charge in [-0.25, -0.2) is 0 Å². The minimum Gasteiger partial charge on any atom is -0.374 e. The van der Waals surface area contributed by atoms with Gasteiger partial charge >= 0.3 is 0 Å². The molecule has 2 heteroatoms. The minimum atomic E-state index is 0.274. The lowest BCUT2D eigenvalue weighted by Gasteiger charge is -2.19. The molecule has 1 rings (SSSR count). The molecule has 3 atom stereocenters. The molecule has 17 heavy (non-hydrogen) atoms. The average Bonchev–Trinajstić information content (AvgIpc) is 2.74. The van der Waals surface area contributed by atoms with Crippen LogP contribution in [0.2, 0.25) is 0 Å². The zero-order valence-corrected chi connectivity index (χ0v) is 11.8. The van der Waals surface area contributed by atoms with Crippen molar-refractivity contribution in [3.8, 4) is 0 Å².